The Kier molecular flexibility index (Phi) is 3.34. The monoisotopic (exact) mass is 288 g/mol. The summed E-state index contributed by atoms with van der Waals surface area (Å²) in [4.78, 5) is 24.1. The number of ketones is 1. The van der Waals surface area contributed by atoms with Crippen LogP contribution in [0.4, 0.5) is 0 Å². The van der Waals surface area contributed by atoms with Gasteiger partial charge >= 0.3 is 5.97 Å². The molecule has 2 aromatic rings. The fourth-order valence-corrected chi connectivity index (χ4v) is 4.17. The van der Waals surface area contributed by atoms with Crippen molar-refractivity contribution in [1.29, 1.82) is 0 Å². The lowest BCUT2D eigenvalue weighted by molar-refractivity contribution is -0.142. The van der Waals surface area contributed by atoms with Crippen LogP contribution < -0.4 is 0 Å². The molecule has 1 aliphatic rings. The molecule has 1 aromatic heterocycles. The summed E-state index contributed by atoms with van der Waals surface area (Å²) in [6.45, 7) is 2.02. The zero-order chi connectivity index (χ0) is 14.3. The largest absolute Gasteiger partial charge is 0.481 e. The molecule has 1 N–H and O–H groups in total. The van der Waals surface area contributed by atoms with Gasteiger partial charge in [0, 0.05) is 26.9 Å². The van der Waals surface area contributed by atoms with Crippen molar-refractivity contribution in [2.24, 2.45) is 17.8 Å². The molecule has 20 heavy (non-hydrogen) atoms. The predicted octanol–water partition coefficient (Wildman–Crippen LogP) is 3.83. The molecule has 0 amide bonds. The number of hydrogen-bond acceptors (Lipinski definition) is 3. The van der Waals surface area contributed by atoms with E-state index < -0.39 is 11.9 Å². The summed E-state index contributed by atoms with van der Waals surface area (Å²) in [5.41, 5.74) is 0.691. The van der Waals surface area contributed by atoms with Gasteiger partial charge in [-0.3, -0.25) is 9.59 Å². The van der Waals surface area contributed by atoms with Crippen LogP contribution in [0, 0.1) is 17.8 Å². The summed E-state index contributed by atoms with van der Waals surface area (Å²) in [7, 11) is 0. The van der Waals surface area contributed by atoms with Crippen LogP contribution >= 0.6 is 11.3 Å². The van der Waals surface area contributed by atoms with Crippen molar-refractivity contribution in [3.05, 3.63) is 35.2 Å². The number of carboxylic acids is 1. The normalized spacial score (nSPS) is 25.9. The first-order valence-corrected chi connectivity index (χ1v) is 7.69. The summed E-state index contributed by atoms with van der Waals surface area (Å²) in [6.07, 6.45) is 1.29. The zero-order valence-corrected chi connectivity index (χ0v) is 12.0. The molecule has 1 aliphatic carbocycles. The van der Waals surface area contributed by atoms with E-state index in [1.165, 1.54) is 0 Å². The van der Waals surface area contributed by atoms with Gasteiger partial charge in [-0.2, -0.15) is 0 Å². The Balaban J connectivity index is 1.98. The van der Waals surface area contributed by atoms with Gasteiger partial charge in [-0.1, -0.05) is 25.1 Å². The van der Waals surface area contributed by atoms with Gasteiger partial charge in [0.15, 0.2) is 5.78 Å². The van der Waals surface area contributed by atoms with E-state index in [4.69, 9.17) is 0 Å². The quantitative estimate of drug-likeness (QED) is 0.873. The Bertz CT molecular complexity index is 673. The number of rotatable bonds is 3. The van der Waals surface area contributed by atoms with E-state index >= 15 is 0 Å². The topological polar surface area (TPSA) is 54.4 Å². The number of Topliss-reactive ketones (excluding diaryl/α,β-unsaturated/α-hetero) is 1. The van der Waals surface area contributed by atoms with E-state index in [1.54, 1.807) is 11.3 Å². The first kappa shape index (κ1) is 13.3. The highest BCUT2D eigenvalue weighted by Gasteiger charge is 2.41. The molecule has 0 radical (unpaired) electrons. The van der Waals surface area contributed by atoms with Crippen molar-refractivity contribution in [3.63, 3.8) is 0 Å². The highest BCUT2D eigenvalue weighted by molar-refractivity contribution is 7.17. The molecule has 3 atom stereocenters. The second-order valence-electron chi connectivity index (χ2n) is 5.64. The molecule has 1 aromatic carbocycles. The molecular weight excluding hydrogens is 272 g/mol. The lowest BCUT2D eigenvalue weighted by atomic mass is 9.88. The third kappa shape index (κ3) is 2.14. The Morgan fingerprint density at radius 2 is 1.90 bits per heavy atom. The zero-order valence-electron chi connectivity index (χ0n) is 11.2. The van der Waals surface area contributed by atoms with Gasteiger partial charge in [0.05, 0.1) is 5.92 Å². The van der Waals surface area contributed by atoms with E-state index in [-0.39, 0.29) is 11.7 Å². The highest BCUT2D eigenvalue weighted by Crippen LogP contribution is 2.40. The van der Waals surface area contributed by atoms with Gasteiger partial charge in [-0.05, 0) is 24.8 Å². The van der Waals surface area contributed by atoms with Crippen molar-refractivity contribution in [1.82, 2.24) is 0 Å². The fraction of sp³-hybridized carbons (Fsp3) is 0.375. The molecule has 4 heteroatoms. The van der Waals surface area contributed by atoms with Crippen molar-refractivity contribution in [2.45, 2.75) is 19.8 Å². The second-order valence-corrected chi connectivity index (χ2v) is 6.55. The summed E-state index contributed by atoms with van der Waals surface area (Å²) in [5, 5.41) is 12.1. The predicted molar refractivity (Wildman–Crippen MR) is 79.2 cm³/mol. The van der Waals surface area contributed by atoms with E-state index in [0.29, 0.717) is 24.3 Å². The summed E-state index contributed by atoms with van der Waals surface area (Å²) < 4.78 is 1.08. The minimum Gasteiger partial charge on any atom is -0.481 e. The average molecular weight is 288 g/mol. The minimum atomic E-state index is -0.841. The fourth-order valence-electron chi connectivity index (χ4n) is 3.22. The SMILES string of the molecule is CC1CC(C(=O)O)C(C(=O)c2csc3ccccc23)C1. The molecule has 1 fully saturated rings. The molecule has 3 unspecified atom stereocenters. The molecule has 0 aliphatic heterocycles. The highest BCUT2D eigenvalue weighted by atomic mass is 32.1. The summed E-state index contributed by atoms with van der Waals surface area (Å²) >= 11 is 1.54. The van der Waals surface area contributed by atoms with E-state index in [2.05, 4.69) is 0 Å². The van der Waals surface area contributed by atoms with Crippen LogP contribution in [0.25, 0.3) is 10.1 Å². The van der Waals surface area contributed by atoms with Crippen LogP contribution in [0.1, 0.15) is 30.1 Å². The van der Waals surface area contributed by atoms with E-state index in [9.17, 15) is 14.7 Å². The third-order valence-electron chi connectivity index (χ3n) is 4.20. The molecule has 3 nitrogen and oxygen atoms in total. The number of thiophene rings is 1. The van der Waals surface area contributed by atoms with Gasteiger partial charge in [-0.25, -0.2) is 0 Å². The smallest absolute Gasteiger partial charge is 0.307 e. The third-order valence-corrected chi connectivity index (χ3v) is 5.16. The van der Waals surface area contributed by atoms with Crippen molar-refractivity contribution < 1.29 is 14.7 Å². The molecule has 3 rings (SSSR count). The van der Waals surface area contributed by atoms with Crippen LogP contribution in [-0.4, -0.2) is 16.9 Å². The molecule has 104 valence electrons. The van der Waals surface area contributed by atoms with Gasteiger partial charge < -0.3 is 5.11 Å². The van der Waals surface area contributed by atoms with Gasteiger partial charge in [-0.15, -0.1) is 11.3 Å². The first-order chi connectivity index (χ1) is 9.58. The van der Waals surface area contributed by atoms with Gasteiger partial charge in [0.2, 0.25) is 0 Å². The van der Waals surface area contributed by atoms with Crippen molar-refractivity contribution in [2.75, 3.05) is 0 Å². The van der Waals surface area contributed by atoms with Gasteiger partial charge in [0.25, 0.3) is 0 Å². The summed E-state index contributed by atoms with van der Waals surface area (Å²) in [5.74, 6) is -1.45. The Morgan fingerprint density at radius 3 is 2.65 bits per heavy atom. The second kappa shape index (κ2) is 5.02. The number of carbonyl (C=O) groups excluding carboxylic acids is 1. The molecule has 0 spiro atoms. The lowest BCUT2D eigenvalue weighted by Crippen LogP contribution is -2.25. The minimum absolute atomic E-state index is 0.000741. The maximum atomic E-state index is 12.7. The van der Waals surface area contributed by atoms with Crippen LogP contribution in [-0.2, 0) is 4.79 Å². The number of fused-ring (bicyclic) bond motifs is 1. The number of carboxylic acid groups (broad SMARTS) is 1. The number of benzene rings is 1. The van der Waals surface area contributed by atoms with E-state index in [0.717, 1.165) is 10.1 Å². The molecule has 1 saturated carbocycles. The maximum Gasteiger partial charge on any atom is 0.307 e. The van der Waals surface area contributed by atoms with Gasteiger partial charge in [0.1, 0.15) is 0 Å². The van der Waals surface area contributed by atoms with Crippen molar-refractivity contribution in [3.8, 4) is 0 Å². The Labute approximate surface area is 121 Å². The molecule has 0 bridgehead atoms. The molecule has 1 heterocycles. The molecular formula is C16H16O3S. The van der Waals surface area contributed by atoms with Crippen LogP contribution in [0.3, 0.4) is 0 Å². The van der Waals surface area contributed by atoms with E-state index in [1.807, 2.05) is 36.6 Å². The molecule has 0 saturated heterocycles. The van der Waals surface area contributed by atoms with Crippen molar-refractivity contribution >= 4 is 33.2 Å². The van der Waals surface area contributed by atoms with Crippen LogP contribution in [0.15, 0.2) is 29.6 Å². The average Bonchev–Trinajstić information content (AvgIpc) is 3.01. The lowest BCUT2D eigenvalue weighted by Gasteiger charge is -2.13. The number of aliphatic carboxylic acids is 1. The Morgan fingerprint density at radius 1 is 1.20 bits per heavy atom. The maximum absolute atomic E-state index is 12.7. The Hall–Kier alpha value is -1.68. The number of carbonyl (C=O) groups is 2. The van der Waals surface area contributed by atoms with Crippen LogP contribution in [0.2, 0.25) is 0 Å². The number of hydrogen-bond donors (Lipinski definition) is 1. The summed E-state index contributed by atoms with van der Waals surface area (Å²) in [6, 6.07) is 7.79. The van der Waals surface area contributed by atoms with Crippen LogP contribution in [0.5, 0.6) is 0 Å². The standard InChI is InChI=1S/C16H16O3S/c1-9-6-11(12(7-9)16(18)19)15(17)13-8-20-14-5-3-2-4-10(13)14/h2-5,8-9,11-12H,6-7H2,1H3,(H,18,19). The first-order valence-electron chi connectivity index (χ1n) is 6.81.